The minimum atomic E-state index is -4.42. The normalized spacial score (nSPS) is 11.3. The summed E-state index contributed by atoms with van der Waals surface area (Å²) >= 11 is 0. The summed E-state index contributed by atoms with van der Waals surface area (Å²) in [5.74, 6) is 0.141. The molecule has 1 amide bonds. The number of benzene rings is 2. The van der Waals surface area contributed by atoms with E-state index >= 15 is 0 Å². The molecule has 7 heteroatoms. The van der Waals surface area contributed by atoms with Crippen LogP contribution in [0.15, 0.2) is 48.5 Å². The molecule has 0 aliphatic carbocycles. The number of nitrogens with one attached hydrogen (secondary N) is 2. The first kappa shape index (κ1) is 18.6. The molecule has 0 spiro atoms. The number of hydrogen-bond donors (Lipinski definition) is 2. The lowest BCUT2D eigenvalue weighted by molar-refractivity contribution is -0.137. The Balaban J connectivity index is 1.98. The van der Waals surface area contributed by atoms with Crippen molar-refractivity contribution in [1.82, 2.24) is 0 Å². The summed E-state index contributed by atoms with van der Waals surface area (Å²) in [5, 5.41) is 5.37. The van der Waals surface area contributed by atoms with E-state index in [1.165, 1.54) is 12.1 Å². The quantitative estimate of drug-likeness (QED) is 0.802. The summed E-state index contributed by atoms with van der Waals surface area (Å²) in [6.07, 6.45) is -4.48. The van der Waals surface area contributed by atoms with Crippen LogP contribution in [0.25, 0.3) is 0 Å². The largest absolute Gasteiger partial charge is 0.489 e. The standard InChI is InChI=1S/C18H19F3N2O2/c1-12(2)25-16-9-4-3-8-15(16)23-17(24)11-22-14-7-5-6-13(10-14)18(19,20)21/h3-10,12,22H,11H2,1-2H3,(H,23,24). The molecule has 0 saturated heterocycles. The van der Waals surface area contributed by atoms with Crippen LogP contribution >= 0.6 is 0 Å². The summed E-state index contributed by atoms with van der Waals surface area (Å²) in [5.41, 5.74) is -0.0441. The lowest BCUT2D eigenvalue weighted by Gasteiger charge is -2.15. The van der Waals surface area contributed by atoms with Crippen molar-refractivity contribution >= 4 is 17.3 Å². The van der Waals surface area contributed by atoms with Gasteiger partial charge in [0.15, 0.2) is 0 Å². The van der Waals surface area contributed by atoms with E-state index in [9.17, 15) is 18.0 Å². The fourth-order valence-electron chi connectivity index (χ4n) is 2.11. The molecule has 4 nitrogen and oxygen atoms in total. The maximum atomic E-state index is 12.7. The minimum Gasteiger partial charge on any atom is -0.489 e. The molecule has 2 aromatic carbocycles. The predicted molar refractivity (Wildman–Crippen MR) is 90.8 cm³/mol. The zero-order chi connectivity index (χ0) is 18.4. The number of amides is 1. The first-order valence-corrected chi connectivity index (χ1v) is 7.72. The Labute approximate surface area is 144 Å². The minimum absolute atomic E-state index is 0.0544. The summed E-state index contributed by atoms with van der Waals surface area (Å²) in [4.78, 5) is 12.1. The highest BCUT2D eigenvalue weighted by molar-refractivity contribution is 5.95. The van der Waals surface area contributed by atoms with E-state index in [0.29, 0.717) is 11.4 Å². The van der Waals surface area contributed by atoms with E-state index < -0.39 is 17.6 Å². The van der Waals surface area contributed by atoms with Crippen LogP contribution < -0.4 is 15.4 Å². The van der Waals surface area contributed by atoms with Gasteiger partial charge in [0.25, 0.3) is 0 Å². The molecule has 0 aliphatic heterocycles. The van der Waals surface area contributed by atoms with Gasteiger partial charge in [-0.3, -0.25) is 4.79 Å². The van der Waals surface area contributed by atoms with Gasteiger partial charge in [-0.1, -0.05) is 18.2 Å². The Morgan fingerprint density at radius 1 is 1.12 bits per heavy atom. The fourth-order valence-corrected chi connectivity index (χ4v) is 2.11. The molecule has 0 heterocycles. The number of carbonyl (C=O) groups is 1. The molecule has 0 saturated carbocycles. The Morgan fingerprint density at radius 3 is 2.52 bits per heavy atom. The molecule has 0 radical (unpaired) electrons. The van der Waals surface area contributed by atoms with Crippen molar-refractivity contribution in [3.05, 3.63) is 54.1 Å². The average molecular weight is 352 g/mol. The smallest absolute Gasteiger partial charge is 0.416 e. The van der Waals surface area contributed by atoms with Crippen LogP contribution in [0, 0.1) is 0 Å². The zero-order valence-corrected chi connectivity index (χ0v) is 13.9. The van der Waals surface area contributed by atoms with E-state index in [0.717, 1.165) is 12.1 Å². The summed E-state index contributed by atoms with van der Waals surface area (Å²) < 4.78 is 43.6. The Kier molecular flexibility index (Phi) is 5.90. The number of hydrogen-bond acceptors (Lipinski definition) is 3. The van der Waals surface area contributed by atoms with Crippen molar-refractivity contribution in [2.45, 2.75) is 26.1 Å². The van der Waals surface area contributed by atoms with Gasteiger partial charge in [0.05, 0.1) is 23.9 Å². The molecule has 0 fully saturated rings. The topological polar surface area (TPSA) is 50.4 Å². The van der Waals surface area contributed by atoms with Gasteiger partial charge >= 0.3 is 6.18 Å². The van der Waals surface area contributed by atoms with Crippen molar-refractivity contribution in [3.8, 4) is 5.75 Å². The maximum Gasteiger partial charge on any atom is 0.416 e. The van der Waals surface area contributed by atoms with Crippen molar-refractivity contribution in [1.29, 1.82) is 0 Å². The second-order valence-electron chi connectivity index (χ2n) is 5.64. The molecule has 2 rings (SSSR count). The number of para-hydroxylation sites is 2. The van der Waals surface area contributed by atoms with E-state index in [4.69, 9.17) is 4.74 Å². The van der Waals surface area contributed by atoms with Gasteiger partial charge in [-0.15, -0.1) is 0 Å². The third kappa shape index (κ3) is 5.70. The highest BCUT2D eigenvalue weighted by Gasteiger charge is 2.30. The molecule has 0 unspecified atom stereocenters. The van der Waals surface area contributed by atoms with Gasteiger partial charge in [0, 0.05) is 5.69 Å². The number of anilines is 2. The van der Waals surface area contributed by atoms with E-state index in [2.05, 4.69) is 10.6 Å². The molecular formula is C18H19F3N2O2. The maximum absolute atomic E-state index is 12.7. The highest BCUT2D eigenvalue weighted by Crippen LogP contribution is 2.30. The Hall–Kier alpha value is -2.70. The van der Waals surface area contributed by atoms with Gasteiger partial charge < -0.3 is 15.4 Å². The van der Waals surface area contributed by atoms with E-state index in [1.807, 2.05) is 13.8 Å². The first-order valence-electron chi connectivity index (χ1n) is 7.72. The number of carbonyl (C=O) groups excluding carboxylic acids is 1. The SMILES string of the molecule is CC(C)Oc1ccccc1NC(=O)CNc1cccc(C(F)(F)F)c1. The average Bonchev–Trinajstić information content (AvgIpc) is 2.54. The van der Waals surface area contributed by atoms with Crippen LogP contribution in [0.1, 0.15) is 19.4 Å². The number of halogens is 3. The molecule has 134 valence electrons. The van der Waals surface area contributed by atoms with Gasteiger partial charge in [0.1, 0.15) is 5.75 Å². The summed E-state index contributed by atoms with van der Waals surface area (Å²) in [6, 6.07) is 11.7. The molecule has 2 N–H and O–H groups in total. The Morgan fingerprint density at radius 2 is 1.84 bits per heavy atom. The van der Waals surface area contributed by atoms with Crippen molar-refractivity contribution in [2.75, 3.05) is 17.2 Å². The van der Waals surface area contributed by atoms with E-state index in [1.54, 1.807) is 24.3 Å². The van der Waals surface area contributed by atoms with Crippen molar-refractivity contribution in [2.24, 2.45) is 0 Å². The van der Waals surface area contributed by atoms with Crippen LogP contribution in [0.4, 0.5) is 24.5 Å². The molecule has 2 aromatic rings. The van der Waals surface area contributed by atoms with Crippen LogP contribution in [0.5, 0.6) is 5.75 Å². The Bertz CT molecular complexity index is 730. The summed E-state index contributed by atoms with van der Waals surface area (Å²) in [6.45, 7) is 3.57. The third-order valence-corrected chi connectivity index (χ3v) is 3.17. The zero-order valence-electron chi connectivity index (χ0n) is 13.9. The molecular weight excluding hydrogens is 333 g/mol. The molecule has 0 aliphatic rings. The van der Waals surface area contributed by atoms with Gasteiger partial charge in [-0.25, -0.2) is 0 Å². The van der Waals surface area contributed by atoms with Crippen LogP contribution in [0.2, 0.25) is 0 Å². The monoisotopic (exact) mass is 352 g/mol. The van der Waals surface area contributed by atoms with Crippen molar-refractivity contribution < 1.29 is 22.7 Å². The van der Waals surface area contributed by atoms with Crippen molar-refractivity contribution in [3.63, 3.8) is 0 Å². The molecule has 0 atom stereocenters. The predicted octanol–water partition coefficient (Wildman–Crippen LogP) is 4.54. The van der Waals surface area contributed by atoms with Crippen LogP contribution in [-0.4, -0.2) is 18.6 Å². The van der Waals surface area contributed by atoms with Gasteiger partial charge in [-0.2, -0.15) is 13.2 Å². The number of alkyl halides is 3. The molecule has 0 bridgehead atoms. The van der Waals surface area contributed by atoms with Gasteiger partial charge in [0.2, 0.25) is 5.91 Å². The first-order chi connectivity index (χ1) is 11.8. The van der Waals surface area contributed by atoms with E-state index in [-0.39, 0.29) is 18.3 Å². The highest BCUT2D eigenvalue weighted by atomic mass is 19.4. The lowest BCUT2D eigenvalue weighted by atomic mass is 10.2. The lowest BCUT2D eigenvalue weighted by Crippen LogP contribution is -2.22. The molecule has 0 aromatic heterocycles. The number of rotatable bonds is 6. The fraction of sp³-hybridized carbons (Fsp3) is 0.278. The third-order valence-electron chi connectivity index (χ3n) is 3.17. The second kappa shape index (κ2) is 7.92. The van der Waals surface area contributed by atoms with Gasteiger partial charge in [-0.05, 0) is 44.2 Å². The number of ether oxygens (including phenoxy) is 1. The molecule has 25 heavy (non-hydrogen) atoms. The summed E-state index contributed by atoms with van der Waals surface area (Å²) in [7, 11) is 0. The second-order valence-corrected chi connectivity index (χ2v) is 5.64. The van der Waals surface area contributed by atoms with Crippen LogP contribution in [0.3, 0.4) is 0 Å². The van der Waals surface area contributed by atoms with Crippen LogP contribution in [-0.2, 0) is 11.0 Å².